The molecule has 0 fully saturated rings. The second-order valence-corrected chi connectivity index (χ2v) is 8.66. The predicted molar refractivity (Wildman–Crippen MR) is 132 cm³/mol. The molecule has 0 aliphatic rings. The lowest BCUT2D eigenvalue weighted by Gasteiger charge is -2.09. The van der Waals surface area contributed by atoms with Gasteiger partial charge in [-0.2, -0.15) is 5.10 Å². The van der Waals surface area contributed by atoms with Crippen molar-refractivity contribution < 1.29 is 19.1 Å². The van der Waals surface area contributed by atoms with Crippen molar-refractivity contribution in [1.29, 1.82) is 0 Å². The molecule has 1 N–H and O–H groups in total. The highest BCUT2D eigenvalue weighted by atomic mass is 79.9. The number of hydrogen-bond donors (Lipinski definition) is 1. The molecule has 0 aromatic heterocycles. The standard InChI is InChI=1S/C26H25BrN2O4/c1-17(2)19-7-10-23(11-8-19)32-16-25(30)29-28-15-21-14-22(27)9-12-24(21)33-26(31)20-6-4-5-18(3)13-20/h4-15,17H,16H2,1-3H3,(H,29,30)/b28-15+. The highest BCUT2D eigenvalue weighted by Gasteiger charge is 2.12. The molecule has 0 radical (unpaired) electrons. The van der Waals surface area contributed by atoms with E-state index in [-0.39, 0.29) is 6.61 Å². The summed E-state index contributed by atoms with van der Waals surface area (Å²) in [6.45, 7) is 5.96. The van der Waals surface area contributed by atoms with E-state index in [9.17, 15) is 9.59 Å². The maximum Gasteiger partial charge on any atom is 0.343 e. The zero-order valence-electron chi connectivity index (χ0n) is 18.7. The average Bonchev–Trinajstić information content (AvgIpc) is 2.79. The minimum absolute atomic E-state index is 0.175. The van der Waals surface area contributed by atoms with Crippen LogP contribution in [0.4, 0.5) is 0 Å². The van der Waals surface area contributed by atoms with Crippen LogP contribution < -0.4 is 14.9 Å². The van der Waals surface area contributed by atoms with E-state index < -0.39 is 11.9 Å². The Labute approximate surface area is 201 Å². The SMILES string of the molecule is Cc1cccc(C(=O)Oc2ccc(Br)cc2/C=N/NC(=O)COc2ccc(C(C)C)cc2)c1. The number of amides is 1. The molecule has 3 aromatic rings. The summed E-state index contributed by atoms with van der Waals surface area (Å²) in [6.07, 6.45) is 1.42. The van der Waals surface area contributed by atoms with Crippen molar-refractivity contribution >= 4 is 34.0 Å². The molecule has 170 valence electrons. The fraction of sp³-hybridized carbons (Fsp3) is 0.192. The third-order valence-electron chi connectivity index (χ3n) is 4.74. The molecule has 3 aromatic carbocycles. The molecule has 0 bridgehead atoms. The Kier molecular flexibility index (Phi) is 8.38. The summed E-state index contributed by atoms with van der Waals surface area (Å²) in [5.41, 5.74) is 5.55. The van der Waals surface area contributed by atoms with Gasteiger partial charge in [0.15, 0.2) is 6.61 Å². The smallest absolute Gasteiger partial charge is 0.343 e. The topological polar surface area (TPSA) is 77.0 Å². The van der Waals surface area contributed by atoms with Crippen LogP contribution in [-0.2, 0) is 4.79 Å². The molecule has 0 spiro atoms. The lowest BCUT2D eigenvalue weighted by molar-refractivity contribution is -0.123. The van der Waals surface area contributed by atoms with Gasteiger partial charge in [-0.3, -0.25) is 4.79 Å². The van der Waals surface area contributed by atoms with E-state index in [0.717, 1.165) is 10.0 Å². The molecule has 6 nitrogen and oxygen atoms in total. The number of hydrazone groups is 1. The summed E-state index contributed by atoms with van der Waals surface area (Å²) in [5, 5.41) is 3.97. The highest BCUT2D eigenvalue weighted by molar-refractivity contribution is 9.10. The number of esters is 1. The first-order valence-electron chi connectivity index (χ1n) is 10.4. The number of hydrogen-bond acceptors (Lipinski definition) is 5. The van der Waals surface area contributed by atoms with Crippen molar-refractivity contribution in [3.05, 3.63) is 93.5 Å². The van der Waals surface area contributed by atoms with Gasteiger partial charge in [0.1, 0.15) is 11.5 Å². The van der Waals surface area contributed by atoms with E-state index in [4.69, 9.17) is 9.47 Å². The normalized spacial score (nSPS) is 10.9. The van der Waals surface area contributed by atoms with Crippen LogP contribution in [0.3, 0.4) is 0 Å². The monoisotopic (exact) mass is 508 g/mol. The van der Waals surface area contributed by atoms with E-state index in [1.807, 2.05) is 37.3 Å². The first kappa shape index (κ1) is 24.2. The average molecular weight is 509 g/mol. The zero-order chi connectivity index (χ0) is 23.8. The summed E-state index contributed by atoms with van der Waals surface area (Å²) in [5.74, 6) is 0.472. The largest absolute Gasteiger partial charge is 0.484 e. The molecule has 0 unspecified atom stereocenters. The van der Waals surface area contributed by atoms with E-state index >= 15 is 0 Å². The van der Waals surface area contributed by atoms with Gasteiger partial charge in [0, 0.05) is 10.0 Å². The molecule has 1 amide bonds. The van der Waals surface area contributed by atoms with Crippen molar-refractivity contribution in [1.82, 2.24) is 5.43 Å². The van der Waals surface area contributed by atoms with E-state index in [2.05, 4.69) is 40.3 Å². The van der Waals surface area contributed by atoms with Gasteiger partial charge in [0.25, 0.3) is 5.91 Å². The Morgan fingerprint density at radius 3 is 2.52 bits per heavy atom. The number of halogens is 1. The predicted octanol–water partition coefficient (Wildman–Crippen LogP) is 5.63. The fourth-order valence-corrected chi connectivity index (χ4v) is 3.33. The van der Waals surface area contributed by atoms with Crippen LogP contribution in [0.1, 0.15) is 46.8 Å². The number of nitrogens with one attached hydrogen (secondary N) is 1. The fourth-order valence-electron chi connectivity index (χ4n) is 2.95. The summed E-state index contributed by atoms with van der Waals surface area (Å²) in [4.78, 5) is 24.6. The highest BCUT2D eigenvalue weighted by Crippen LogP contribution is 2.23. The molecule has 0 saturated carbocycles. The number of ether oxygens (including phenoxy) is 2. The quantitative estimate of drug-likeness (QED) is 0.185. The third kappa shape index (κ3) is 7.29. The summed E-state index contributed by atoms with van der Waals surface area (Å²) in [6, 6.07) is 19.9. The lowest BCUT2D eigenvalue weighted by Crippen LogP contribution is -2.24. The summed E-state index contributed by atoms with van der Waals surface area (Å²) >= 11 is 3.39. The maximum atomic E-state index is 12.5. The molecule has 7 heteroatoms. The minimum Gasteiger partial charge on any atom is -0.484 e. The van der Waals surface area contributed by atoms with Gasteiger partial charge in [-0.1, -0.05) is 59.6 Å². The van der Waals surface area contributed by atoms with E-state index in [1.54, 1.807) is 36.4 Å². The van der Waals surface area contributed by atoms with E-state index in [1.165, 1.54) is 11.8 Å². The molecule has 0 aliphatic carbocycles. The second kappa shape index (κ2) is 11.4. The van der Waals surface area contributed by atoms with Gasteiger partial charge >= 0.3 is 5.97 Å². The van der Waals surface area contributed by atoms with Crippen molar-refractivity contribution in [2.75, 3.05) is 6.61 Å². The molecule has 0 saturated heterocycles. The van der Waals surface area contributed by atoms with Crippen LogP contribution in [0.2, 0.25) is 0 Å². The van der Waals surface area contributed by atoms with Crippen LogP contribution in [-0.4, -0.2) is 24.7 Å². The molecule has 0 aliphatic heterocycles. The Hall–Kier alpha value is -3.45. The van der Waals surface area contributed by atoms with Gasteiger partial charge in [-0.05, 0) is 60.9 Å². The Morgan fingerprint density at radius 1 is 1.06 bits per heavy atom. The Bertz CT molecular complexity index is 1160. The third-order valence-corrected chi connectivity index (χ3v) is 5.23. The number of rotatable bonds is 8. The molecule has 33 heavy (non-hydrogen) atoms. The van der Waals surface area contributed by atoms with Crippen LogP contribution in [0.5, 0.6) is 11.5 Å². The lowest BCUT2D eigenvalue weighted by atomic mass is 10.0. The van der Waals surface area contributed by atoms with Crippen LogP contribution in [0, 0.1) is 6.92 Å². The molecule has 3 rings (SSSR count). The molecule has 0 atom stereocenters. The van der Waals surface area contributed by atoms with Crippen molar-refractivity contribution in [2.45, 2.75) is 26.7 Å². The Balaban J connectivity index is 1.59. The maximum absolute atomic E-state index is 12.5. The van der Waals surface area contributed by atoms with Crippen LogP contribution >= 0.6 is 15.9 Å². The number of aryl methyl sites for hydroxylation is 1. The van der Waals surface area contributed by atoms with Crippen molar-refractivity contribution in [3.8, 4) is 11.5 Å². The van der Waals surface area contributed by atoms with Crippen LogP contribution in [0.25, 0.3) is 0 Å². The van der Waals surface area contributed by atoms with Crippen molar-refractivity contribution in [2.24, 2.45) is 5.10 Å². The van der Waals surface area contributed by atoms with E-state index in [0.29, 0.717) is 28.5 Å². The summed E-state index contributed by atoms with van der Waals surface area (Å²) < 4.78 is 11.8. The van der Waals surface area contributed by atoms with Gasteiger partial charge in [0.05, 0.1) is 11.8 Å². The van der Waals surface area contributed by atoms with Gasteiger partial charge < -0.3 is 9.47 Å². The van der Waals surface area contributed by atoms with Gasteiger partial charge in [-0.15, -0.1) is 0 Å². The first-order valence-corrected chi connectivity index (χ1v) is 11.2. The zero-order valence-corrected chi connectivity index (χ0v) is 20.3. The number of benzene rings is 3. The summed E-state index contributed by atoms with van der Waals surface area (Å²) in [7, 11) is 0. The van der Waals surface area contributed by atoms with Crippen LogP contribution in [0.15, 0.2) is 76.3 Å². The Morgan fingerprint density at radius 2 is 1.82 bits per heavy atom. The molecular formula is C26H25BrN2O4. The number of carbonyl (C=O) groups excluding carboxylic acids is 2. The molecular weight excluding hydrogens is 484 g/mol. The van der Waals surface area contributed by atoms with Crippen molar-refractivity contribution in [3.63, 3.8) is 0 Å². The van der Waals surface area contributed by atoms with Gasteiger partial charge in [-0.25, -0.2) is 10.2 Å². The molecule has 0 heterocycles. The minimum atomic E-state index is -0.475. The first-order chi connectivity index (χ1) is 15.8. The number of nitrogens with zero attached hydrogens (tertiary/aromatic N) is 1. The van der Waals surface area contributed by atoms with Gasteiger partial charge in [0.2, 0.25) is 0 Å². The number of carbonyl (C=O) groups is 2. The second-order valence-electron chi connectivity index (χ2n) is 7.75.